The summed E-state index contributed by atoms with van der Waals surface area (Å²) in [5.41, 5.74) is 2.17. The fraction of sp³-hybridized carbons (Fsp3) is 0.483. The van der Waals surface area contributed by atoms with Gasteiger partial charge in [0, 0.05) is 35.9 Å². The Hall–Kier alpha value is -2.63. The number of hydrogen-bond donors (Lipinski definition) is 3. The van der Waals surface area contributed by atoms with Crippen molar-refractivity contribution in [3.05, 3.63) is 64.2 Å². The average molecular weight is 460 g/mol. The van der Waals surface area contributed by atoms with Crippen LogP contribution < -0.4 is 0 Å². The van der Waals surface area contributed by atoms with Gasteiger partial charge in [-0.05, 0) is 73.9 Å². The topological polar surface area (TPSA) is 81.0 Å². The van der Waals surface area contributed by atoms with Crippen molar-refractivity contribution in [2.45, 2.75) is 63.0 Å². The van der Waals surface area contributed by atoms with Crippen molar-refractivity contribution in [2.24, 2.45) is 11.8 Å². The van der Waals surface area contributed by atoms with Gasteiger partial charge in [-0.2, -0.15) is 0 Å². The van der Waals surface area contributed by atoms with E-state index in [4.69, 9.17) is 0 Å². The SMILES string of the molecule is Cc1ccc(/C=C2\C[C@@]3(O)[C@H]4Cc5ccc(O)c(O)c5[C@@]3(CCN4CC3CC3)[C@@H](C)C2=O)cc1. The van der Waals surface area contributed by atoms with Crippen LogP contribution in [-0.4, -0.2) is 50.7 Å². The summed E-state index contributed by atoms with van der Waals surface area (Å²) in [6.45, 7) is 5.70. The molecule has 1 aliphatic heterocycles. The fourth-order valence-corrected chi connectivity index (χ4v) is 7.23. The first kappa shape index (κ1) is 21.9. The van der Waals surface area contributed by atoms with Crippen LogP contribution in [0.25, 0.3) is 6.08 Å². The number of aryl methyl sites for hydroxylation is 1. The molecular weight excluding hydrogens is 426 g/mol. The number of hydrogen-bond acceptors (Lipinski definition) is 5. The lowest BCUT2D eigenvalue weighted by molar-refractivity contribution is -0.178. The number of benzene rings is 2. The maximum Gasteiger partial charge on any atom is 0.162 e. The summed E-state index contributed by atoms with van der Waals surface area (Å²) in [7, 11) is 0. The van der Waals surface area contributed by atoms with Gasteiger partial charge in [-0.1, -0.05) is 42.8 Å². The van der Waals surface area contributed by atoms with Crippen LogP contribution in [0.3, 0.4) is 0 Å². The number of carbonyl (C=O) groups excluding carboxylic acids is 1. The van der Waals surface area contributed by atoms with Gasteiger partial charge in [0.05, 0.1) is 5.60 Å². The van der Waals surface area contributed by atoms with E-state index < -0.39 is 16.9 Å². The van der Waals surface area contributed by atoms with Gasteiger partial charge in [0.1, 0.15) is 0 Å². The molecule has 1 saturated heterocycles. The number of fused-ring (bicyclic) bond motifs is 1. The predicted molar refractivity (Wildman–Crippen MR) is 131 cm³/mol. The molecule has 0 spiro atoms. The number of phenolic OH excluding ortho intramolecular Hbond substituents is 2. The molecule has 3 aliphatic carbocycles. The van der Waals surface area contributed by atoms with Gasteiger partial charge in [-0.15, -0.1) is 0 Å². The number of carbonyl (C=O) groups is 1. The molecule has 2 bridgehead atoms. The summed E-state index contributed by atoms with van der Waals surface area (Å²) in [4.78, 5) is 16.3. The summed E-state index contributed by atoms with van der Waals surface area (Å²) in [5.74, 6) is -0.156. The summed E-state index contributed by atoms with van der Waals surface area (Å²) >= 11 is 0. The Balaban J connectivity index is 1.52. The molecule has 178 valence electrons. The molecule has 5 nitrogen and oxygen atoms in total. The highest BCUT2D eigenvalue weighted by molar-refractivity contribution is 6.03. The molecule has 0 unspecified atom stereocenters. The summed E-state index contributed by atoms with van der Waals surface area (Å²) in [5, 5.41) is 34.1. The van der Waals surface area contributed by atoms with Crippen LogP contribution in [0.15, 0.2) is 42.0 Å². The second-order valence-corrected chi connectivity index (χ2v) is 11.1. The molecule has 0 amide bonds. The Morgan fingerprint density at radius 1 is 1.12 bits per heavy atom. The third kappa shape index (κ3) is 2.96. The Morgan fingerprint density at radius 3 is 2.56 bits per heavy atom. The monoisotopic (exact) mass is 459 g/mol. The molecule has 3 fully saturated rings. The van der Waals surface area contributed by atoms with Gasteiger partial charge < -0.3 is 15.3 Å². The first-order valence-electron chi connectivity index (χ1n) is 12.6. The van der Waals surface area contributed by atoms with E-state index in [0.717, 1.165) is 29.8 Å². The van der Waals surface area contributed by atoms with Crippen molar-refractivity contribution < 1.29 is 20.1 Å². The Kier molecular flexibility index (Phi) is 4.78. The van der Waals surface area contributed by atoms with E-state index in [0.29, 0.717) is 29.9 Å². The van der Waals surface area contributed by atoms with Gasteiger partial charge in [0.2, 0.25) is 0 Å². The number of phenols is 2. The van der Waals surface area contributed by atoms with Gasteiger partial charge in [-0.25, -0.2) is 0 Å². The highest BCUT2D eigenvalue weighted by atomic mass is 16.3. The quantitative estimate of drug-likeness (QED) is 0.476. The number of piperidine rings is 1. The van der Waals surface area contributed by atoms with Crippen LogP contribution in [-0.2, 0) is 16.6 Å². The first-order chi connectivity index (χ1) is 16.2. The van der Waals surface area contributed by atoms with Gasteiger partial charge in [-0.3, -0.25) is 9.69 Å². The molecule has 2 saturated carbocycles. The minimum absolute atomic E-state index is 0.0234. The van der Waals surface area contributed by atoms with Crippen molar-refractivity contribution in [1.82, 2.24) is 4.90 Å². The second-order valence-electron chi connectivity index (χ2n) is 11.1. The van der Waals surface area contributed by atoms with Crippen LogP contribution in [0.1, 0.15) is 54.9 Å². The standard InChI is InChI=1S/C29H33NO4/c1-17-3-5-19(6-4-17)13-22-15-29(34)24-14-21-9-10-23(31)27(33)25(21)28(29,18(2)26(22)32)11-12-30(24)16-20-7-8-20/h3-6,9-10,13,18,20,24,31,33-34H,7-8,11-12,14-16H2,1-2H3/b22-13+/t18-,24+,28+,29+/m0/s1. The maximum atomic E-state index is 13.8. The van der Waals surface area contributed by atoms with E-state index in [1.165, 1.54) is 18.9 Å². The number of likely N-dealkylation sites (tertiary alicyclic amines) is 1. The Bertz CT molecular complexity index is 1200. The zero-order chi connectivity index (χ0) is 23.8. The summed E-state index contributed by atoms with van der Waals surface area (Å²) < 4.78 is 0. The third-order valence-corrected chi connectivity index (χ3v) is 9.18. The van der Waals surface area contributed by atoms with Crippen LogP contribution in [0.2, 0.25) is 0 Å². The van der Waals surface area contributed by atoms with E-state index >= 15 is 0 Å². The van der Waals surface area contributed by atoms with Crippen molar-refractivity contribution in [2.75, 3.05) is 13.1 Å². The highest BCUT2D eigenvalue weighted by Crippen LogP contribution is 2.63. The van der Waals surface area contributed by atoms with E-state index in [2.05, 4.69) is 4.90 Å². The molecule has 6 rings (SSSR count). The van der Waals surface area contributed by atoms with E-state index in [-0.39, 0.29) is 29.7 Å². The maximum absolute atomic E-state index is 13.8. The summed E-state index contributed by atoms with van der Waals surface area (Å²) in [6, 6.07) is 11.4. The molecule has 3 N–H and O–H groups in total. The molecule has 2 aromatic carbocycles. The number of Topliss-reactive ketones (excluding diaryl/α,β-unsaturated/α-hetero) is 1. The molecule has 4 atom stereocenters. The number of aromatic hydroxyl groups is 2. The van der Waals surface area contributed by atoms with Crippen molar-refractivity contribution in [3.63, 3.8) is 0 Å². The fourth-order valence-electron chi connectivity index (χ4n) is 7.23. The van der Waals surface area contributed by atoms with Gasteiger partial charge in [0.15, 0.2) is 17.3 Å². The smallest absolute Gasteiger partial charge is 0.162 e. The van der Waals surface area contributed by atoms with Gasteiger partial charge >= 0.3 is 0 Å². The zero-order valence-corrected chi connectivity index (χ0v) is 19.9. The third-order valence-electron chi connectivity index (χ3n) is 9.18. The number of nitrogens with zero attached hydrogens (tertiary/aromatic N) is 1. The van der Waals surface area contributed by atoms with Crippen LogP contribution in [0.4, 0.5) is 0 Å². The normalized spacial score (nSPS) is 34.1. The lowest BCUT2D eigenvalue weighted by Crippen LogP contribution is -2.75. The summed E-state index contributed by atoms with van der Waals surface area (Å²) in [6.07, 6.45) is 5.86. The molecule has 0 radical (unpaired) electrons. The molecule has 1 heterocycles. The van der Waals surface area contributed by atoms with Crippen molar-refractivity contribution in [3.8, 4) is 11.5 Å². The van der Waals surface area contributed by atoms with Crippen LogP contribution >= 0.6 is 0 Å². The first-order valence-corrected chi connectivity index (χ1v) is 12.6. The second kappa shape index (κ2) is 7.43. The van der Waals surface area contributed by atoms with Crippen LogP contribution in [0.5, 0.6) is 11.5 Å². The molecule has 4 aliphatic rings. The van der Waals surface area contributed by atoms with Crippen molar-refractivity contribution >= 4 is 11.9 Å². The molecule has 34 heavy (non-hydrogen) atoms. The largest absolute Gasteiger partial charge is 0.504 e. The van der Waals surface area contributed by atoms with Crippen molar-refractivity contribution in [1.29, 1.82) is 0 Å². The van der Waals surface area contributed by atoms with E-state index in [1.807, 2.05) is 50.3 Å². The highest BCUT2D eigenvalue weighted by Gasteiger charge is 2.69. The molecular formula is C29H33NO4. The molecule has 0 aromatic heterocycles. The molecule has 5 heteroatoms. The van der Waals surface area contributed by atoms with E-state index in [9.17, 15) is 20.1 Å². The van der Waals surface area contributed by atoms with Gasteiger partial charge in [0.25, 0.3) is 0 Å². The Morgan fingerprint density at radius 2 is 1.85 bits per heavy atom. The minimum atomic E-state index is -1.21. The number of ketones is 1. The van der Waals surface area contributed by atoms with Crippen LogP contribution in [0, 0.1) is 18.8 Å². The molecule has 2 aromatic rings. The van der Waals surface area contributed by atoms with E-state index in [1.54, 1.807) is 0 Å². The zero-order valence-electron chi connectivity index (χ0n) is 19.9. The predicted octanol–water partition coefficient (Wildman–Crippen LogP) is 4.11. The lowest BCUT2D eigenvalue weighted by atomic mass is 9.45. The number of aliphatic hydroxyl groups is 1. The Labute approximate surface area is 200 Å². The average Bonchev–Trinajstić information content (AvgIpc) is 3.62. The lowest BCUT2D eigenvalue weighted by Gasteiger charge is -2.65. The minimum Gasteiger partial charge on any atom is -0.504 e. The number of rotatable bonds is 3.